The Labute approximate surface area is 134 Å². The molecule has 0 aliphatic heterocycles. The molecule has 0 bridgehead atoms. The third-order valence-electron chi connectivity index (χ3n) is 3.85. The summed E-state index contributed by atoms with van der Waals surface area (Å²) in [5.74, 6) is -0.0215. The minimum absolute atomic E-state index is 0.0215. The lowest BCUT2D eigenvalue weighted by Crippen LogP contribution is -2.14. The molecular formula is C17H19N5O. The second-order valence-corrected chi connectivity index (χ2v) is 5.60. The van der Waals surface area contributed by atoms with Crippen LogP contribution in [0.2, 0.25) is 0 Å². The van der Waals surface area contributed by atoms with Crippen LogP contribution >= 0.6 is 0 Å². The standard InChI is InChI=1S/C17H19N5O/c1-11-10-16-19-12(2)15(13(3)22(16)21-11)4-5-17(23)20-14-6-8-18-9-7-14/h6-10H,4-5H2,1-3H3,(H,18,20,23). The van der Waals surface area contributed by atoms with Gasteiger partial charge in [0.2, 0.25) is 5.91 Å². The molecule has 0 radical (unpaired) electrons. The molecule has 3 aromatic heterocycles. The van der Waals surface area contributed by atoms with Gasteiger partial charge in [0.05, 0.1) is 5.69 Å². The monoisotopic (exact) mass is 309 g/mol. The van der Waals surface area contributed by atoms with Crippen molar-refractivity contribution < 1.29 is 4.79 Å². The van der Waals surface area contributed by atoms with Crippen molar-refractivity contribution in [2.45, 2.75) is 33.6 Å². The highest BCUT2D eigenvalue weighted by Gasteiger charge is 2.12. The average Bonchev–Trinajstić information content (AvgIpc) is 2.88. The summed E-state index contributed by atoms with van der Waals surface area (Å²) in [4.78, 5) is 20.6. The second kappa shape index (κ2) is 6.16. The number of fused-ring (bicyclic) bond motifs is 1. The lowest BCUT2D eigenvalue weighted by atomic mass is 10.1. The molecule has 1 N–H and O–H groups in total. The minimum atomic E-state index is -0.0215. The Hall–Kier alpha value is -2.76. The molecule has 0 spiro atoms. The zero-order chi connectivity index (χ0) is 16.4. The highest BCUT2D eigenvalue weighted by atomic mass is 16.1. The van der Waals surface area contributed by atoms with Crippen molar-refractivity contribution in [3.63, 3.8) is 0 Å². The average molecular weight is 309 g/mol. The molecule has 0 atom stereocenters. The zero-order valence-electron chi connectivity index (χ0n) is 13.5. The summed E-state index contributed by atoms with van der Waals surface area (Å²) in [6.45, 7) is 5.95. The molecule has 3 rings (SSSR count). The molecule has 23 heavy (non-hydrogen) atoms. The van der Waals surface area contributed by atoms with Crippen LogP contribution in [0.3, 0.4) is 0 Å². The zero-order valence-corrected chi connectivity index (χ0v) is 13.5. The molecule has 0 saturated carbocycles. The number of carbonyl (C=O) groups is 1. The van der Waals surface area contributed by atoms with Crippen molar-refractivity contribution in [2.75, 3.05) is 5.32 Å². The molecule has 3 aromatic rings. The van der Waals surface area contributed by atoms with Crippen LogP contribution in [0.15, 0.2) is 30.6 Å². The maximum atomic E-state index is 12.1. The Kier molecular flexibility index (Phi) is 4.06. The Bertz CT molecular complexity index is 854. The van der Waals surface area contributed by atoms with Gasteiger partial charge >= 0.3 is 0 Å². The highest BCUT2D eigenvalue weighted by Crippen LogP contribution is 2.17. The van der Waals surface area contributed by atoms with Gasteiger partial charge in [0.25, 0.3) is 0 Å². The van der Waals surface area contributed by atoms with Crippen molar-refractivity contribution >= 4 is 17.2 Å². The number of nitrogens with one attached hydrogen (secondary N) is 1. The third-order valence-corrected chi connectivity index (χ3v) is 3.85. The van der Waals surface area contributed by atoms with Crippen LogP contribution in [-0.2, 0) is 11.2 Å². The Morgan fingerprint density at radius 1 is 1.22 bits per heavy atom. The van der Waals surface area contributed by atoms with Crippen LogP contribution in [-0.4, -0.2) is 25.5 Å². The van der Waals surface area contributed by atoms with Gasteiger partial charge in [0.1, 0.15) is 0 Å². The number of rotatable bonds is 4. The normalized spacial score (nSPS) is 10.9. The SMILES string of the molecule is Cc1cc2nc(C)c(CCC(=O)Nc3ccncc3)c(C)n2n1. The van der Waals surface area contributed by atoms with E-state index in [1.54, 1.807) is 24.5 Å². The van der Waals surface area contributed by atoms with Crippen LogP contribution in [0.5, 0.6) is 0 Å². The molecular weight excluding hydrogens is 290 g/mol. The summed E-state index contributed by atoms with van der Waals surface area (Å²) >= 11 is 0. The van der Waals surface area contributed by atoms with E-state index >= 15 is 0 Å². The number of hydrogen-bond donors (Lipinski definition) is 1. The van der Waals surface area contributed by atoms with Crippen LogP contribution in [0.1, 0.15) is 29.1 Å². The van der Waals surface area contributed by atoms with E-state index in [0.717, 1.165) is 34.0 Å². The molecule has 0 fully saturated rings. The van der Waals surface area contributed by atoms with Crippen molar-refractivity contribution in [2.24, 2.45) is 0 Å². The molecule has 6 nitrogen and oxygen atoms in total. The predicted octanol–water partition coefficient (Wildman–Crippen LogP) is 2.62. The summed E-state index contributed by atoms with van der Waals surface area (Å²) in [6, 6.07) is 5.50. The molecule has 0 aliphatic carbocycles. The summed E-state index contributed by atoms with van der Waals surface area (Å²) in [5, 5.41) is 7.33. The number of nitrogens with zero attached hydrogens (tertiary/aromatic N) is 4. The summed E-state index contributed by atoms with van der Waals surface area (Å²) in [6.07, 6.45) is 4.34. The van der Waals surface area contributed by atoms with Crippen molar-refractivity contribution in [3.8, 4) is 0 Å². The molecule has 0 saturated heterocycles. The minimum Gasteiger partial charge on any atom is -0.326 e. The van der Waals surface area contributed by atoms with E-state index < -0.39 is 0 Å². The van der Waals surface area contributed by atoms with Crippen molar-refractivity contribution in [3.05, 3.63) is 53.2 Å². The fraction of sp³-hybridized carbons (Fsp3) is 0.294. The van der Waals surface area contributed by atoms with E-state index in [1.165, 1.54) is 0 Å². The van der Waals surface area contributed by atoms with Gasteiger partial charge < -0.3 is 5.32 Å². The maximum Gasteiger partial charge on any atom is 0.224 e. The first-order chi connectivity index (χ1) is 11.0. The molecule has 0 aromatic carbocycles. The van der Waals surface area contributed by atoms with Gasteiger partial charge in [-0.1, -0.05) is 0 Å². The van der Waals surface area contributed by atoms with Gasteiger partial charge in [-0.2, -0.15) is 5.10 Å². The maximum absolute atomic E-state index is 12.1. The van der Waals surface area contributed by atoms with Crippen molar-refractivity contribution in [1.29, 1.82) is 0 Å². The van der Waals surface area contributed by atoms with Crippen molar-refractivity contribution in [1.82, 2.24) is 19.6 Å². The number of amides is 1. The van der Waals surface area contributed by atoms with E-state index in [4.69, 9.17) is 0 Å². The van der Waals surface area contributed by atoms with E-state index in [-0.39, 0.29) is 5.91 Å². The predicted molar refractivity (Wildman–Crippen MR) is 88.4 cm³/mol. The van der Waals surface area contributed by atoms with Gasteiger partial charge in [-0.05, 0) is 44.9 Å². The van der Waals surface area contributed by atoms with Gasteiger partial charge in [-0.3, -0.25) is 9.78 Å². The van der Waals surface area contributed by atoms with E-state index in [1.807, 2.05) is 31.4 Å². The second-order valence-electron chi connectivity index (χ2n) is 5.60. The number of carbonyl (C=O) groups excluding carboxylic acids is 1. The number of aryl methyl sites for hydroxylation is 3. The lowest BCUT2D eigenvalue weighted by molar-refractivity contribution is -0.116. The van der Waals surface area contributed by atoms with Gasteiger partial charge in [-0.15, -0.1) is 0 Å². The molecule has 0 aliphatic rings. The smallest absolute Gasteiger partial charge is 0.224 e. The lowest BCUT2D eigenvalue weighted by Gasteiger charge is -2.11. The first-order valence-corrected chi connectivity index (χ1v) is 7.57. The first kappa shape index (κ1) is 15.1. The quantitative estimate of drug-likeness (QED) is 0.804. The number of anilines is 1. The number of pyridine rings is 1. The molecule has 118 valence electrons. The van der Waals surface area contributed by atoms with Crippen LogP contribution < -0.4 is 5.32 Å². The van der Waals surface area contributed by atoms with Crippen LogP contribution in [0, 0.1) is 20.8 Å². The first-order valence-electron chi connectivity index (χ1n) is 7.57. The van der Waals surface area contributed by atoms with E-state index in [9.17, 15) is 4.79 Å². The topological polar surface area (TPSA) is 72.2 Å². The molecule has 6 heteroatoms. The molecule has 3 heterocycles. The summed E-state index contributed by atoms with van der Waals surface area (Å²) in [5.41, 5.74) is 5.61. The third kappa shape index (κ3) is 3.21. The van der Waals surface area contributed by atoms with E-state index in [0.29, 0.717) is 12.8 Å². The number of hydrogen-bond acceptors (Lipinski definition) is 4. The van der Waals surface area contributed by atoms with Crippen LogP contribution in [0.4, 0.5) is 5.69 Å². The Morgan fingerprint density at radius 2 is 1.96 bits per heavy atom. The van der Waals surface area contributed by atoms with E-state index in [2.05, 4.69) is 20.4 Å². The molecule has 1 amide bonds. The Morgan fingerprint density at radius 3 is 2.70 bits per heavy atom. The molecule has 0 unspecified atom stereocenters. The number of aromatic nitrogens is 4. The highest BCUT2D eigenvalue weighted by molar-refractivity contribution is 5.90. The van der Waals surface area contributed by atoms with Gasteiger partial charge in [0, 0.05) is 42.0 Å². The fourth-order valence-electron chi connectivity index (χ4n) is 2.70. The van der Waals surface area contributed by atoms with Crippen LogP contribution in [0.25, 0.3) is 5.65 Å². The van der Waals surface area contributed by atoms with Gasteiger partial charge in [0.15, 0.2) is 5.65 Å². The largest absolute Gasteiger partial charge is 0.326 e. The Balaban J connectivity index is 1.75. The fourth-order valence-corrected chi connectivity index (χ4v) is 2.70. The summed E-state index contributed by atoms with van der Waals surface area (Å²) < 4.78 is 1.85. The van der Waals surface area contributed by atoms with Gasteiger partial charge in [-0.25, -0.2) is 9.50 Å². The summed E-state index contributed by atoms with van der Waals surface area (Å²) in [7, 11) is 0.